The number of benzene rings is 2. The lowest BCUT2D eigenvalue weighted by molar-refractivity contribution is 0.107. The van der Waals surface area contributed by atoms with Gasteiger partial charge in [-0.3, -0.25) is 9.88 Å². The van der Waals surface area contributed by atoms with Crippen LogP contribution in [0.4, 0.5) is 23.4 Å². The second-order valence-electron chi connectivity index (χ2n) is 11.9. The summed E-state index contributed by atoms with van der Waals surface area (Å²) < 4.78 is 90.6. The van der Waals surface area contributed by atoms with Gasteiger partial charge in [-0.25, -0.2) is 17.6 Å². The van der Waals surface area contributed by atoms with E-state index in [-0.39, 0.29) is 66.3 Å². The van der Waals surface area contributed by atoms with E-state index in [1.807, 2.05) is 0 Å². The van der Waals surface area contributed by atoms with Crippen molar-refractivity contribution in [2.45, 2.75) is 43.2 Å². The molecule has 226 valence electrons. The number of pyridine rings is 1. The standard InChI is InChI=1S/C33H29F4N5O2/c1-2-20-24(35)8-7-18-5-3-6-21(25(18)20)28-27(37)29-22(14-38-28)31(42-11-12-43-16-23-26(36)30(23)42)40-32(39-29)44-17-33-9-4-10-41(33)15-19(34)13-33/h1,3,5-8,14,19,23,26,30H,4,9-13,15-17H2/t19-,23-,26-,30-,33+/m1/s1/i17D2. The molecule has 0 N–H and O–H groups in total. The molecule has 44 heavy (non-hydrogen) atoms. The summed E-state index contributed by atoms with van der Waals surface area (Å²) in [5, 5.41) is 1.03. The van der Waals surface area contributed by atoms with Crippen molar-refractivity contribution >= 4 is 27.5 Å². The molecule has 8 rings (SSSR count). The summed E-state index contributed by atoms with van der Waals surface area (Å²) in [7, 11) is 0. The number of hydrogen-bond donors (Lipinski definition) is 0. The van der Waals surface area contributed by atoms with Gasteiger partial charge in [-0.05, 0) is 30.8 Å². The quantitative estimate of drug-likeness (QED) is 0.228. The minimum absolute atomic E-state index is 0.0450. The molecule has 0 amide bonds. The summed E-state index contributed by atoms with van der Waals surface area (Å²) in [5.74, 6) is 0.544. The Morgan fingerprint density at radius 2 is 2.07 bits per heavy atom. The van der Waals surface area contributed by atoms with Crippen LogP contribution in [0, 0.1) is 29.9 Å². The van der Waals surface area contributed by atoms with E-state index < -0.39 is 54.0 Å². The molecule has 0 bridgehead atoms. The van der Waals surface area contributed by atoms with Crippen LogP contribution in [0.2, 0.25) is 0 Å². The average molecular weight is 606 g/mol. The summed E-state index contributed by atoms with van der Waals surface area (Å²) in [4.78, 5) is 16.8. The molecule has 4 aromatic rings. The molecular weight excluding hydrogens is 574 g/mol. The van der Waals surface area contributed by atoms with Crippen molar-refractivity contribution in [3.8, 4) is 29.6 Å². The third-order valence-corrected chi connectivity index (χ3v) is 9.42. The molecule has 1 aliphatic carbocycles. The molecule has 0 unspecified atom stereocenters. The van der Waals surface area contributed by atoms with Crippen LogP contribution in [0.5, 0.6) is 6.01 Å². The molecule has 2 aromatic carbocycles. The molecule has 2 aromatic heterocycles. The van der Waals surface area contributed by atoms with E-state index in [1.165, 1.54) is 12.3 Å². The van der Waals surface area contributed by atoms with Gasteiger partial charge in [0.2, 0.25) is 0 Å². The summed E-state index contributed by atoms with van der Waals surface area (Å²) in [6.07, 6.45) is 5.59. The van der Waals surface area contributed by atoms with Crippen molar-refractivity contribution in [1.29, 1.82) is 0 Å². The van der Waals surface area contributed by atoms with Crippen molar-refractivity contribution in [3.05, 3.63) is 53.7 Å². The fourth-order valence-electron chi connectivity index (χ4n) is 7.25. The summed E-state index contributed by atoms with van der Waals surface area (Å²) in [6, 6.07) is 6.71. The van der Waals surface area contributed by atoms with E-state index in [4.69, 9.17) is 18.6 Å². The van der Waals surface area contributed by atoms with Gasteiger partial charge in [0.15, 0.2) is 5.82 Å². The monoisotopic (exact) mass is 605 g/mol. The zero-order valence-corrected chi connectivity index (χ0v) is 23.6. The molecule has 11 heteroatoms. The lowest BCUT2D eigenvalue weighted by atomic mass is 9.95. The highest BCUT2D eigenvalue weighted by Gasteiger charge is 2.56. The Morgan fingerprint density at radius 1 is 1.18 bits per heavy atom. The Kier molecular flexibility index (Phi) is 5.92. The number of rotatable bonds is 5. The van der Waals surface area contributed by atoms with E-state index in [2.05, 4.69) is 20.9 Å². The van der Waals surface area contributed by atoms with Crippen LogP contribution in [0.1, 0.15) is 27.6 Å². The molecule has 4 aliphatic rings. The summed E-state index contributed by atoms with van der Waals surface area (Å²) in [6.45, 7) is -1.09. The van der Waals surface area contributed by atoms with Gasteiger partial charge in [0.25, 0.3) is 0 Å². The summed E-state index contributed by atoms with van der Waals surface area (Å²) in [5.41, 5.74) is -1.46. The van der Waals surface area contributed by atoms with Gasteiger partial charge in [-0.2, -0.15) is 9.97 Å². The lowest BCUT2D eigenvalue weighted by Gasteiger charge is -2.31. The van der Waals surface area contributed by atoms with Crippen LogP contribution in [0.25, 0.3) is 32.9 Å². The average Bonchev–Trinajstić information content (AvgIpc) is 3.39. The van der Waals surface area contributed by atoms with Crippen LogP contribution in [-0.4, -0.2) is 83.2 Å². The molecule has 3 aliphatic heterocycles. The maximum atomic E-state index is 16.8. The number of fused-ring (bicyclic) bond motifs is 4. The van der Waals surface area contributed by atoms with Gasteiger partial charge in [0, 0.05) is 42.6 Å². The van der Waals surface area contributed by atoms with Crippen LogP contribution >= 0.6 is 0 Å². The first kappa shape index (κ1) is 25.3. The Labute approximate surface area is 254 Å². The highest BCUT2D eigenvalue weighted by molar-refractivity contribution is 6.02. The number of hydrogen-bond acceptors (Lipinski definition) is 7. The number of terminal acetylenes is 1. The minimum Gasteiger partial charge on any atom is -0.461 e. The second kappa shape index (κ2) is 10.3. The van der Waals surface area contributed by atoms with E-state index >= 15 is 4.39 Å². The molecule has 5 heterocycles. The van der Waals surface area contributed by atoms with E-state index in [1.54, 1.807) is 34.1 Å². The number of ether oxygens (including phenoxy) is 2. The molecule has 4 fully saturated rings. The molecule has 3 saturated heterocycles. The molecule has 5 atom stereocenters. The predicted octanol–water partition coefficient (Wildman–Crippen LogP) is 5.23. The summed E-state index contributed by atoms with van der Waals surface area (Å²) >= 11 is 0. The lowest BCUT2D eigenvalue weighted by Crippen LogP contribution is -2.43. The zero-order valence-electron chi connectivity index (χ0n) is 25.6. The highest BCUT2D eigenvalue weighted by atomic mass is 19.1. The van der Waals surface area contributed by atoms with Crippen LogP contribution in [0.15, 0.2) is 36.5 Å². The van der Waals surface area contributed by atoms with Gasteiger partial charge >= 0.3 is 6.01 Å². The van der Waals surface area contributed by atoms with Gasteiger partial charge in [0.1, 0.15) is 41.7 Å². The largest absolute Gasteiger partial charge is 0.461 e. The number of anilines is 1. The Bertz CT molecular complexity index is 1940. The topological polar surface area (TPSA) is 63.6 Å². The maximum Gasteiger partial charge on any atom is 0.319 e. The number of alkyl halides is 2. The van der Waals surface area contributed by atoms with E-state index in [9.17, 15) is 13.2 Å². The predicted molar refractivity (Wildman–Crippen MR) is 157 cm³/mol. The third-order valence-electron chi connectivity index (χ3n) is 9.42. The van der Waals surface area contributed by atoms with Crippen molar-refractivity contribution in [2.75, 3.05) is 44.3 Å². The zero-order chi connectivity index (χ0) is 32.0. The Morgan fingerprint density at radius 3 is 2.93 bits per heavy atom. The smallest absolute Gasteiger partial charge is 0.319 e. The first-order valence-electron chi connectivity index (χ1n) is 15.7. The van der Waals surface area contributed by atoms with E-state index in [0.717, 1.165) is 0 Å². The Balaban J connectivity index is 1.31. The van der Waals surface area contributed by atoms with Crippen molar-refractivity contribution in [2.24, 2.45) is 5.92 Å². The Hall–Kier alpha value is -4.01. The van der Waals surface area contributed by atoms with Crippen molar-refractivity contribution in [3.63, 3.8) is 0 Å². The number of aromatic nitrogens is 3. The van der Waals surface area contributed by atoms with Crippen molar-refractivity contribution < 1.29 is 29.8 Å². The molecular formula is C33H29F4N5O2. The van der Waals surface area contributed by atoms with Gasteiger partial charge in [-0.15, -0.1) is 6.42 Å². The molecule has 0 radical (unpaired) electrons. The SMILES string of the molecule is [2H]C([2H])(Oc1nc(N2CCOC[C@@H]3[C@@H](F)[C@@H]32)c2cnc(-c3cccc4ccc(F)c(C#C)c34)c(F)c2n1)[C@@]12CCCN1C[C@H](F)C2. The third kappa shape index (κ3) is 4.22. The van der Waals surface area contributed by atoms with Crippen LogP contribution in [-0.2, 0) is 4.74 Å². The number of halogens is 4. The first-order valence-corrected chi connectivity index (χ1v) is 14.7. The fraction of sp³-hybridized carbons (Fsp3) is 0.424. The van der Waals surface area contributed by atoms with Crippen molar-refractivity contribution in [1.82, 2.24) is 19.9 Å². The maximum absolute atomic E-state index is 16.8. The normalized spacial score (nSPS) is 29.1. The van der Waals surface area contributed by atoms with Crippen LogP contribution in [0.3, 0.4) is 0 Å². The van der Waals surface area contributed by atoms with Crippen LogP contribution < -0.4 is 9.64 Å². The van der Waals surface area contributed by atoms with Gasteiger partial charge in [-0.1, -0.05) is 30.2 Å². The molecule has 1 saturated carbocycles. The second-order valence-corrected chi connectivity index (χ2v) is 11.9. The van der Waals surface area contributed by atoms with Gasteiger partial charge in [0.05, 0.1) is 38.5 Å². The first-order chi connectivity index (χ1) is 22.1. The van der Waals surface area contributed by atoms with Gasteiger partial charge < -0.3 is 14.4 Å². The molecule has 0 spiro atoms. The highest BCUT2D eigenvalue weighted by Crippen LogP contribution is 2.45. The fourth-order valence-corrected chi connectivity index (χ4v) is 7.25. The minimum atomic E-state index is -2.44. The van der Waals surface area contributed by atoms with E-state index in [0.29, 0.717) is 30.2 Å². The number of nitrogens with zero attached hydrogens (tertiary/aromatic N) is 5. The molecule has 7 nitrogen and oxygen atoms in total.